The Morgan fingerprint density at radius 1 is 1.06 bits per heavy atom. The molecule has 16 heavy (non-hydrogen) atoms. The maximum atomic E-state index is 11.0. The number of nitrogens with one attached hydrogen (secondary N) is 1. The molecule has 0 atom stereocenters. The first-order valence-electron chi connectivity index (χ1n) is 6.52. The van der Waals surface area contributed by atoms with Crippen molar-refractivity contribution in [2.75, 3.05) is 0 Å². The number of hydrogen-bond donors (Lipinski definition) is 1. The van der Waals surface area contributed by atoms with Gasteiger partial charge >= 0.3 is 0 Å². The molecule has 2 heteroatoms. The van der Waals surface area contributed by atoms with Crippen LogP contribution in [0.3, 0.4) is 0 Å². The van der Waals surface area contributed by atoms with Crippen LogP contribution >= 0.6 is 0 Å². The molecule has 2 aliphatic carbocycles. The minimum atomic E-state index is 0.121. The number of hydrogen-bond acceptors (Lipinski definition) is 1. The van der Waals surface area contributed by atoms with E-state index in [0.29, 0.717) is 22.3 Å². The highest BCUT2D eigenvalue weighted by molar-refractivity contribution is 5.73. The summed E-state index contributed by atoms with van der Waals surface area (Å²) in [6, 6.07) is 0.426. The van der Waals surface area contributed by atoms with Gasteiger partial charge in [-0.3, -0.25) is 4.79 Å². The maximum Gasteiger partial charge on any atom is 0.217 e. The molecule has 1 N–H and O–H groups in total. The Bertz CT molecular complexity index is 293. The maximum absolute atomic E-state index is 11.0. The predicted octanol–water partition coefficient (Wildman–Crippen LogP) is 3.12. The van der Waals surface area contributed by atoms with E-state index in [0.717, 1.165) is 12.8 Å². The summed E-state index contributed by atoms with van der Waals surface area (Å²) in [4.78, 5) is 11.0. The minimum Gasteiger partial charge on any atom is -0.354 e. The molecule has 1 amide bonds. The van der Waals surface area contributed by atoms with Gasteiger partial charge in [0.05, 0.1) is 0 Å². The van der Waals surface area contributed by atoms with Crippen LogP contribution in [0.15, 0.2) is 0 Å². The third-order valence-corrected chi connectivity index (χ3v) is 6.14. The fourth-order valence-corrected chi connectivity index (χ4v) is 4.34. The quantitative estimate of drug-likeness (QED) is 0.727. The fourth-order valence-electron chi connectivity index (χ4n) is 4.34. The van der Waals surface area contributed by atoms with Gasteiger partial charge in [0, 0.05) is 13.0 Å². The van der Waals surface area contributed by atoms with Gasteiger partial charge in [-0.25, -0.2) is 0 Å². The molecule has 2 nitrogen and oxygen atoms in total. The van der Waals surface area contributed by atoms with Gasteiger partial charge < -0.3 is 5.32 Å². The van der Waals surface area contributed by atoms with Crippen molar-refractivity contribution < 1.29 is 4.79 Å². The molecule has 2 rings (SSSR count). The second-order valence-corrected chi connectivity index (χ2v) is 6.81. The third kappa shape index (κ3) is 1.28. The summed E-state index contributed by atoms with van der Waals surface area (Å²) >= 11 is 0. The SMILES string of the molecule is CC(=O)NC1CCC2(CC1)C(C)(C)C2(C)C. The zero-order valence-electron chi connectivity index (χ0n) is 11.3. The Balaban J connectivity index is 1.99. The molecule has 0 saturated heterocycles. The van der Waals surface area contributed by atoms with Gasteiger partial charge in [0.2, 0.25) is 5.91 Å². The van der Waals surface area contributed by atoms with Crippen molar-refractivity contribution in [1.82, 2.24) is 5.32 Å². The van der Waals surface area contributed by atoms with Crippen LogP contribution in [0.2, 0.25) is 0 Å². The standard InChI is InChI=1S/C14H25NO/c1-10(16)15-11-6-8-14(9-7-11)12(2,3)13(14,4)5/h11H,6-9H2,1-5H3,(H,15,16). The second kappa shape index (κ2) is 3.24. The molecule has 0 unspecified atom stereocenters. The average molecular weight is 223 g/mol. The summed E-state index contributed by atoms with van der Waals surface area (Å²) in [7, 11) is 0. The van der Waals surface area contributed by atoms with Crippen LogP contribution in [0.25, 0.3) is 0 Å². The van der Waals surface area contributed by atoms with Crippen LogP contribution < -0.4 is 5.32 Å². The molecular weight excluding hydrogens is 198 g/mol. The van der Waals surface area contributed by atoms with Gasteiger partial charge in [0.25, 0.3) is 0 Å². The van der Waals surface area contributed by atoms with Gasteiger partial charge in [0.1, 0.15) is 0 Å². The summed E-state index contributed by atoms with van der Waals surface area (Å²) in [5, 5.41) is 3.06. The highest BCUT2D eigenvalue weighted by Crippen LogP contribution is 2.82. The van der Waals surface area contributed by atoms with E-state index in [1.54, 1.807) is 6.92 Å². The van der Waals surface area contributed by atoms with Crippen LogP contribution in [-0.4, -0.2) is 11.9 Å². The van der Waals surface area contributed by atoms with Gasteiger partial charge in [-0.05, 0) is 41.9 Å². The lowest BCUT2D eigenvalue weighted by Gasteiger charge is -2.32. The van der Waals surface area contributed by atoms with Gasteiger partial charge in [-0.1, -0.05) is 27.7 Å². The molecule has 2 saturated carbocycles. The van der Waals surface area contributed by atoms with E-state index >= 15 is 0 Å². The van der Waals surface area contributed by atoms with E-state index in [4.69, 9.17) is 0 Å². The Morgan fingerprint density at radius 3 is 1.81 bits per heavy atom. The molecular formula is C14H25NO. The highest BCUT2D eigenvalue weighted by Gasteiger charge is 2.75. The van der Waals surface area contributed by atoms with E-state index in [9.17, 15) is 4.79 Å². The van der Waals surface area contributed by atoms with Gasteiger partial charge in [-0.15, -0.1) is 0 Å². The summed E-state index contributed by atoms with van der Waals surface area (Å²) in [6.45, 7) is 11.3. The van der Waals surface area contributed by atoms with E-state index in [1.165, 1.54) is 12.8 Å². The Morgan fingerprint density at radius 2 is 1.50 bits per heavy atom. The van der Waals surface area contributed by atoms with Crippen molar-refractivity contribution in [2.24, 2.45) is 16.2 Å². The average Bonchev–Trinajstić information content (AvgIpc) is 2.47. The second-order valence-electron chi connectivity index (χ2n) is 6.81. The monoisotopic (exact) mass is 223 g/mol. The van der Waals surface area contributed by atoms with Crippen molar-refractivity contribution in [2.45, 2.75) is 66.3 Å². The summed E-state index contributed by atoms with van der Waals surface area (Å²) in [5.41, 5.74) is 1.48. The normalized spacial score (nSPS) is 30.1. The van der Waals surface area contributed by atoms with Crippen LogP contribution in [0.1, 0.15) is 60.3 Å². The van der Waals surface area contributed by atoms with Crippen molar-refractivity contribution in [3.63, 3.8) is 0 Å². The smallest absolute Gasteiger partial charge is 0.217 e. The zero-order valence-corrected chi connectivity index (χ0v) is 11.3. The molecule has 1 spiro atoms. The van der Waals surface area contributed by atoms with Crippen LogP contribution in [0, 0.1) is 16.2 Å². The van der Waals surface area contributed by atoms with E-state index in [2.05, 4.69) is 33.0 Å². The molecule has 92 valence electrons. The molecule has 0 bridgehead atoms. The van der Waals surface area contributed by atoms with Crippen LogP contribution in [0.4, 0.5) is 0 Å². The summed E-state index contributed by atoms with van der Waals surface area (Å²) < 4.78 is 0. The topological polar surface area (TPSA) is 29.1 Å². The fraction of sp³-hybridized carbons (Fsp3) is 0.929. The van der Waals surface area contributed by atoms with Crippen molar-refractivity contribution in [3.8, 4) is 0 Å². The molecule has 0 aliphatic heterocycles. The zero-order chi connectivity index (χ0) is 12.2. The lowest BCUT2D eigenvalue weighted by atomic mass is 9.77. The minimum absolute atomic E-state index is 0.121. The highest BCUT2D eigenvalue weighted by atomic mass is 16.1. The molecule has 0 heterocycles. The first-order valence-corrected chi connectivity index (χ1v) is 6.52. The number of rotatable bonds is 1. The Hall–Kier alpha value is -0.530. The van der Waals surface area contributed by atoms with E-state index in [-0.39, 0.29) is 5.91 Å². The molecule has 2 fully saturated rings. The number of carbonyl (C=O) groups is 1. The molecule has 2 aliphatic rings. The first kappa shape index (κ1) is 11.9. The van der Waals surface area contributed by atoms with Gasteiger partial charge in [0.15, 0.2) is 0 Å². The summed E-state index contributed by atoms with van der Waals surface area (Å²) in [5.74, 6) is 0.121. The molecule has 0 aromatic heterocycles. The third-order valence-electron chi connectivity index (χ3n) is 6.14. The van der Waals surface area contributed by atoms with Gasteiger partial charge in [-0.2, -0.15) is 0 Å². The van der Waals surface area contributed by atoms with Crippen molar-refractivity contribution >= 4 is 5.91 Å². The molecule has 0 aromatic rings. The number of carbonyl (C=O) groups excluding carboxylic acids is 1. The van der Waals surface area contributed by atoms with E-state index in [1.807, 2.05) is 0 Å². The molecule has 0 aromatic carbocycles. The molecule has 0 radical (unpaired) electrons. The van der Waals surface area contributed by atoms with Crippen molar-refractivity contribution in [3.05, 3.63) is 0 Å². The summed E-state index contributed by atoms with van der Waals surface area (Å²) in [6.07, 6.45) is 4.87. The lowest BCUT2D eigenvalue weighted by molar-refractivity contribution is -0.120. The first-order chi connectivity index (χ1) is 7.24. The van der Waals surface area contributed by atoms with E-state index < -0.39 is 0 Å². The Kier molecular flexibility index (Phi) is 2.42. The number of amides is 1. The lowest BCUT2D eigenvalue weighted by Crippen LogP contribution is -2.37. The largest absolute Gasteiger partial charge is 0.354 e. The van der Waals surface area contributed by atoms with Crippen LogP contribution in [-0.2, 0) is 4.79 Å². The van der Waals surface area contributed by atoms with Crippen molar-refractivity contribution in [1.29, 1.82) is 0 Å². The Labute approximate surface area is 99.2 Å². The predicted molar refractivity (Wildman–Crippen MR) is 66.1 cm³/mol. The van der Waals surface area contributed by atoms with Crippen LogP contribution in [0.5, 0.6) is 0 Å².